The minimum Gasteiger partial charge on any atom is -0.340 e. The SMILES string of the molecule is FC(F)(F)c1cc(-c2cnc3ccccc3c2)cc(Nc2cccc(-c3nncn3C3CC3)c2)n1. The lowest BCUT2D eigenvalue weighted by molar-refractivity contribution is -0.141. The smallest absolute Gasteiger partial charge is 0.340 e. The maximum Gasteiger partial charge on any atom is 0.433 e. The number of alkyl halides is 3. The summed E-state index contributed by atoms with van der Waals surface area (Å²) in [5.74, 6) is 0.819. The van der Waals surface area contributed by atoms with Crippen molar-refractivity contribution >= 4 is 22.4 Å². The van der Waals surface area contributed by atoms with E-state index in [1.54, 1.807) is 24.7 Å². The summed E-state index contributed by atoms with van der Waals surface area (Å²) in [5, 5.41) is 12.1. The van der Waals surface area contributed by atoms with Gasteiger partial charge in [0.1, 0.15) is 17.8 Å². The number of hydrogen-bond acceptors (Lipinski definition) is 5. The Morgan fingerprint density at radius 1 is 0.886 bits per heavy atom. The average Bonchev–Trinajstić information content (AvgIpc) is 3.59. The van der Waals surface area contributed by atoms with Crippen LogP contribution < -0.4 is 5.32 Å². The van der Waals surface area contributed by atoms with E-state index in [1.165, 1.54) is 0 Å². The molecule has 3 aromatic heterocycles. The molecule has 0 bridgehead atoms. The second-order valence-electron chi connectivity index (χ2n) is 8.54. The third kappa shape index (κ3) is 4.32. The molecule has 1 aliphatic carbocycles. The first kappa shape index (κ1) is 21.3. The van der Waals surface area contributed by atoms with Crippen LogP contribution in [0, 0.1) is 0 Å². The molecule has 3 heterocycles. The van der Waals surface area contributed by atoms with Crippen LogP contribution >= 0.6 is 0 Å². The van der Waals surface area contributed by atoms with Gasteiger partial charge in [0, 0.05) is 34.4 Å². The van der Waals surface area contributed by atoms with Crippen molar-refractivity contribution in [2.24, 2.45) is 0 Å². The molecule has 174 valence electrons. The lowest BCUT2D eigenvalue weighted by Gasteiger charge is -2.14. The molecule has 0 radical (unpaired) electrons. The van der Waals surface area contributed by atoms with Gasteiger partial charge in [-0.05, 0) is 54.8 Å². The Hall–Kier alpha value is -4.27. The number of halogens is 3. The van der Waals surface area contributed by atoms with Crippen LogP contribution in [0.3, 0.4) is 0 Å². The molecule has 1 aliphatic rings. The summed E-state index contributed by atoms with van der Waals surface area (Å²) in [7, 11) is 0. The predicted octanol–water partition coefficient (Wildman–Crippen LogP) is 6.65. The Balaban J connectivity index is 1.38. The van der Waals surface area contributed by atoms with Gasteiger partial charge in [-0.25, -0.2) is 4.98 Å². The van der Waals surface area contributed by atoms with E-state index < -0.39 is 11.9 Å². The summed E-state index contributed by atoms with van der Waals surface area (Å²) in [5.41, 5.74) is 2.17. The van der Waals surface area contributed by atoms with Gasteiger partial charge in [-0.1, -0.05) is 30.3 Å². The van der Waals surface area contributed by atoms with Crippen molar-refractivity contribution in [2.75, 3.05) is 5.32 Å². The number of nitrogens with one attached hydrogen (secondary N) is 1. The lowest BCUT2D eigenvalue weighted by atomic mass is 10.0. The molecule has 0 aliphatic heterocycles. The number of rotatable bonds is 5. The highest BCUT2D eigenvalue weighted by Crippen LogP contribution is 2.38. The van der Waals surface area contributed by atoms with Crippen molar-refractivity contribution in [3.63, 3.8) is 0 Å². The molecule has 1 fully saturated rings. The fourth-order valence-corrected chi connectivity index (χ4v) is 4.09. The van der Waals surface area contributed by atoms with E-state index >= 15 is 0 Å². The molecule has 0 atom stereocenters. The average molecular weight is 472 g/mol. The van der Waals surface area contributed by atoms with Crippen molar-refractivity contribution in [1.29, 1.82) is 0 Å². The first-order valence-electron chi connectivity index (χ1n) is 11.2. The maximum atomic E-state index is 13.7. The van der Waals surface area contributed by atoms with Crippen molar-refractivity contribution in [3.8, 4) is 22.5 Å². The molecule has 0 spiro atoms. The summed E-state index contributed by atoms with van der Waals surface area (Å²) in [6, 6.07) is 19.7. The van der Waals surface area contributed by atoms with Crippen LogP contribution in [0.5, 0.6) is 0 Å². The number of anilines is 2. The molecule has 5 aromatic rings. The normalized spacial score (nSPS) is 13.8. The molecule has 9 heteroatoms. The number of benzene rings is 2. The first-order chi connectivity index (χ1) is 16.9. The van der Waals surface area contributed by atoms with Crippen LogP contribution in [0.25, 0.3) is 33.4 Å². The zero-order valence-electron chi connectivity index (χ0n) is 18.4. The summed E-state index contributed by atoms with van der Waals surface area (Å²) in [6.45, 7) is 0. The van der Waals surface area contributed by atoms with Crippen LogP contribution in [-0.2, 0) is 6.18 Å². The topological polar surface area (TPSA) is 68.5 Å². The fraction of sp³-hybridized carbons (Fsp3) is 0.154. The number of hydrogen-bond donors (Lipinski definition) is 1. The molecular weight excluding hydrogens is 453 g/mol. The van der Waals surface area contributed by atoms with Gasteiger partial charge in [0.2, 0.25) is 0 Å². The molecular formula is C26H19F3N6. The number of pyridine rings is 2. The van der Waals surface area contributed by atoms with E-state index in [-0.39, 0.29) is 5.82 Å². The van der Waals surface area contributed by atoms with E-state index in [0.29, 0.717) is 22.9 Å². The molecule has 2 aromatic carbocycles. The molecule has 6 rings (SSSR count). The molecule has 0 amide bonds. The molecule has 1 N–H and O–H groups in total. The Bertz CT molecular complexity index is 1540. The number of aromatic nitrogens is 5. The van der Waals surface area contributed by atoms with E-state index in [1.807, 2.05) is 53.1 Å². The van der Waals surface area contributed by atoms with E-state index in [2.05, 4.69) is 25.5 Å². The van der Waals surface area contributed by atoms with Crippen molar-refractivity contribution in [1.82, 2.24) is 24.7 Å². The van der Waals surface area contributed by atoms with Gasteiger partial charge in [0.25, 0.3) is 0 Å². The standard InChI is InChI=1S/C26H19F3N6/c27-26(28,29)23-12-18(19-10-16-4-1-2-7-22(16)30-14-19)13-24(33-23)32-20-6-3-5-17(11-20)25-34-31-15-35(25)21-8-9-21/h1-7,10-15,21H,8-9H2,(H,32,33). The van der Waals surface area contributed by atoms with Gasteiger partial charge in [-0.2, -0.15) is 13.2 Å². The molecule has 0 saturated heterocycles. The van der Waals surface area contributed by atoms with Crippen LogP contribution in [-0.4, -0.2) is 24.7 Å². The van der Waals surface area contributed by atoms with Gasteiger partial charge >= 0.3 is 6.18 Å². The van der Waals surface area contributed by atoms with E-state index in [0.717, 1.165) is 41.2 Å². The van der Waals surface area contributed by atoms with Crippen LogP contribution in [0.15, 0.2) is 79.3 Å². The minimum absolute atomic E-state index is 0.0868. The summed E-state index contributed by atoms with van der Waals surface area (Å²) < 4.78 is 43.2. The molecule has 1 saturated carbocycles. The monoisotopic (exact) mass is 472 g/mol. The highest BCUT2D eigenvalue weighted by atomic mass is 19.4. The summed E-state index contributed by atoms with van der Waals surface area (Å²) >= 11 is 0. The minimum atomic E-state index is -4.60. The molecule has 0 unspecified atom stereocenters. The number of fused-ring (bicyclic) bond motifs is 1. The quantitative estimate of drug-likeness (QED) is 0.310. The second kappa shape index (κ2) is 8.19. The Morgan fingerprint density at radius 2 is 1.74 bits per heavy atom. The second-order valence-corrected chi connectivity index (χ2v) is 8.54. The van der Waals surface area contributed by atoms with Crippen molar-refractivity contribution in [3.05, 3.63) is 84.9 Å². The highest BCUT2D eigenvalue weighted by molar-refractivity contribution is 5.84. The Kier molecular flexibility index (Phi) is 4.98. The van der Waals surface area contributed by atoms with Crippen molar-refractivity contribution < 1.29 is 13.2 Å². The van der Waals surface area contributed by atoms with Gasteiger partial charge in [0.15, 0.2) is 5.82 Å². The third-order valence-electron chi connectivity index (χ3n) is 5.95. The molecule has 6 nitrogen and oxygen atoms in total. The lowest BCUT2D eigenvalue weighted by Crippen LogP contribution is -2.10. The third-order valence-corrected chi connectivity index (χ3v) is 5.95. The van der Waals surface area contributed by atoms with Gasteiger partial charge in [-0.3, -0.25) is 4.98 Å². The van der Waals surface area contributed by atoms with Gasteiger partial charge in [0.05, 0.1) is 5.52 Å². The maximum absolute atomic E-state index is 13.7. The van der Waals surface area contributed by atoms with E-state index in [4.69, 9.17) is 0 Å². The summed E-state index contributed by atoms with van der Waals surface area (Å²) in [4.78, 5) is 8.24. The number of nitrogens with zero attached hydrogens (tertiary/aromatic N) is 5. The van der Waals surface area contributed by atoms with Gasteiger partial charge < -0.3 is 9.88 Å². The van der Waals surface area contributed by atoms with Gasteiger partial charge in [-0.15, -0.1) is 10.2 Å². The molecule has 35 heavy (non-hydrogen) atoms. The largest absolute Gasteiger partial charge is 0.433 e. The zero-order chi connectivity index (χ0) is 24.0. The Morgan fingerprint density at radius 3 is 2.57 bits per heavy atom. The fourth-order valence-electron chi connectivity index (χ4n) is 4.09. The predicted molar refractivity (Wildman–Crippen MR) is 127 cm³/mol. The van der Waals surface area contributed by atoms with Crippen LogP contribution in [0.4, 0.5) is 24.7 Å². The van der Waals surface area contributed by atoms with Crippen LogP contribution in [0.1, 0.15) is 24.6 Å². The van der Waals surface area contributed by atoms with Crippen molar-refractivity contribution in [2.45, 2.75) is 25.1 Å². The van der Waals surface area contributed by atoms with Crippen LogP contribution in [0.2, 0.25) is 0 Å². The Labute approximate surface area is 198 Å². The highest BCUT2D eigenvalue weighted by Gasteiger charge is 2.33. The zero-order valence-corrected chi connectivity index (χ0v) is 18.4. The summed E-state index contributed by atoms with van der Waals surface area (Å²) in [6.07, 6.45) is 0.866. The van der Waals surface area contributed by atoms with E-state index in [9.17, 15) is 13.2 Å². The number of para-hydroxylation sites is 1. The first-order valence-corrected chi connectivity index (χ1v) is 11.2.